The number of aromatic nitrogens is 3. The quantitative estimate of drug-likeness (QED) is 0.873. The number of nitrogens with zero attached hydrogens (tertiary/aromatic N) is 3. The normalized spacial score (nSPS) is 14.1. The van der Waals surface area contributed by atoms with Crippen molar-refractivity contribution in [3.63, 3.8) is 0 Å². The number of ether oxygens (including phenoxy) is 1. The molecule has 5 nitrogen and oxygen atoms in total. The summed E-state index contributed by atoms with van der Waals surface area (Å²) in [6.45, 7) is 0.571. The van der Waals surface area contributed by atoms with Crippen LogP contribution in [0, 0.1) is 0 Å². The van der Waals surface area contributed by atoms with E-state index < -0.39 is 0 Å². The monoisotopic (exact) mass is 270 g/mol. The first-order chi connectivity index (χ1) is 9.85. The van der Waals surface area contributed by atoms with E-state index in [2.05, 4.69) is 20.3 Å². The Morgan fingerprint density at radius 2 is 2.20 bits per heavy atom. The lowest BCUT2D eigenvalue weighted by molar-refractivity contribution is 0.306. The number of hydrogen-bond acceptors (Lipinski definition) is 5. The maximum atomic E-state index is 5.74. The van der Waals surface area contributed by atoms with Crippen molar-refractivity contribution in [3.8, 4) is 5.88 Å². The molecular weight excluding hydrogens is 252 g/mol. The Morgan fingerprint density at radius 1 is 1.30 bits per heavy atom. The summed E-state index contributed by atoms with van der Waals surface area (Å²) in [4.78, 5) is 13.2. The third-order valence-corrected chi connectivity index (χ3v) is 3.25. The molecule has 2 aromatic heterocycles. The van der Waals surface area contributed by atoms with Crippen molar-refractivity contribution in [1.29, 1.82) is 0 Å². The second-order valence-corrected chi connectivity index (χ2v) is 4.89. The highest BCUT2D eigenvalue weighted by Crippen LogP contribution is 2.39. The summed E-state index contributed by atoms with van der Waals surface area (Å²) in [6, 6.07) is 7.73. The Balaban J connectivity index is 1.63. The fourth-order valence-electron chi connectivity index (χ4n) is 1.98. The van der Waals surface area contributed by atoms with Crippen LogP contribution < -0.4 is 10.1 Å². The molecule has 1 saturated carbocycles. The molecule has 1 fully saturated rings. The third kappa shape index (κ3) is 3.23. The number of rotatable bonds is 6. The maximum absolute atomic E-state index is 5.74. The summed E-state index contributed by atoms with van der Waals surface area (Å²) in [5.74, 6) is 2.86. The third-order valence-electron chi connectivity index (χ3n) is 3.25. The van der Waals surface area contributed by atoms with E-state index in [-0.39, 0.29) is 0 Å². The largest absolute Gasteiger partial charge is 0.477 e. The standard InChI is InChI=1S/C15H18N4O/c1-16-13-10-14(19-15(18-13)11-5-6-11)20-9-7-12-4-2-3-8-17-12/h2-4,8,10-11H,5-7,9H2,1H3,(H,16,18,19). The number of pyridine rings is 1. The highest BCUT2D eigenvalue weighted by Gasteiger charge is 2.27. The highest BCUT2D eigenvalue weighted by molar-refractivity contribution is 5.38. The van der Waals surface area contributed by atoms with Gasteiger partial charge in [-0.1, -0.05) is 6.07 Å². The molecule has 3 rings (SSSR count). The molecule has 0 bridgehead atoms. The van der Waals surface area contributed by atoms with E-state index in [4.69, 9.17) is 4.74 Å². The van der Waals surface area contributed by atoms with Crippen LogP contribution >= 0.6 is 0 Å². The minimum absolute atomic E-state index is 0.515. The van der Waals surface area contributed by atoms with E-state index in [1.54, 1.807) is 6.20 Å². The zero-order valence-corrected chi connectivity index (χ0v) is 11.5. The maximum Gasteiger partial charge on any atom is 0.218 e. The van der Waals surface area contributed by atoms with Crippen LogP contribution in [0.4, 0.5) is 5.82 Å². The molecule has 0 spiro atoms. The van der Waals surface area contributed by atoms with Crippen LogP contribution in [0.1, 0.15) is 30.3 Å². The first-order valence-corrected chi connectivity index (χ1v) is 6.94. The van der Waals surface area contributed by atoms with Crippen molar-refractivity contribution in [2.24, 2.45) is 0 Å². The van der Waals surface area contributed by atoms with Gasteiger partial charge in [-0.2, -0.15) is 4.98 Å². The van der Waals surface area contributed by atoms with Gasteiger partial charge >= 0.3 is 0 Å². The summed E-state index contributed by atoms with van der Waals surface area (Å²) >= 11 is 0. The molecule has 0 amide bonds. The zero-order chi connectivity index (χ0) is 13.8. The number of nitrogens with one attached hydrogen (secondary N) is 1. The van der Waals surface area contributed by atoms with Crippen LogP contribution in [0.3, 0.4) is 0 Å². The van der Waals surface area contributed by atoms with Crippen molar-refractivity contribution >= 4 is 5.82 Å². The molecule has 0 saturated heterocycles. The molecule has 104 valence electrons. The first-order valence-electron chi connectivity index (χ1n) is 6.94. The van der Waals surface area contributed by atoms with E-state index in [1.807, 2.05) is 31.3 Å². The molecular formula is C15H18N4O. The Labute approximate surface area is 118 Å². The van der Waals surface area contributed by atoms with Crippen LogP contribution in [0.25, 0.3) is 0 Å². The van der Waals surface area contributed by atoms with Crippen LogP contribution in [-0.2, 0) is 6.42 Å². The lowest BCUT2D eigenvalue weighted by atomic mass is 10.3. The molecule has 1 aliphatic rings. The van der Waals surface area contributed by atoms with Crippen LogP contribution in [0.15, 0.2) is 30.5 Å². The molecule has 2 aromatic rings. The molecule has 0 radical (unpaired) electrons. The number of hydrogen-bond donors (Lipinski definition) is 1. The average molecular weight is 270 g/mol. The average Bonchev–Trinajstić information content (AvgIpc) is 3.33. The van der Waals surface area contributed by atoms with Crippen molar-refractivity contribution in [2.45, 2.75) is 25.2 Å². The van der Waals surface area contributed by atoms with Crippen molar-refractivity contribution in [2.75, 3.05) is 19.0 Å². The molecule has 1 N–H and O–H groups in total. The van der Waals surface area contributed by atoms with E-state index in [0.717, 1.165) is 23.8 Å². The second kappa shape index (κ2) is 5.86. The van der Waals surface area contributed by atoms with Crippen LogP contribution in [-0.4, -0.2) is 28.6 Å². The van der Waals surface area contributed by atoms with Crippen molar-refractivity contribution in [3.05, 3.63) is 42.0 Å². The van der Waals surface area contributed by atoms with Gasteiger partial charge in [0.2, 0.25) is 5.88 Å². The van der Waals surface area contributed by atoms with Crippen molar-refractivity contribution < 1.29 is 4.74 Å². The van der Waals surface area contributed by atoms with Gasteiger partial charge in [0.05, 0.1) is 6.61 Å². The van der Waals surface area contributed by atoms with Crippen molar-refractivity contribution in [1.82, 2.24) is 15.0 Å². The number of anilines is 1. The molecule has 0 aliphatic heterocycles. The van der Waals surface area contributed by atoms with Gasteiger partial charge in [-0.25, -0.2) is 4.98 Å². The fourth-order valence-corrected chi connectivity index (χ4v) is 1.98. The minimum Gasteiger partial charge on any atom is -0.477 e. The van der Waals surface area contributed by atoms with E-state index in [0.29, 0.717) is 18.4 Å². The second-order valence-electron chi connectivity index (χ2n) is 4.89. The van der Waals surface area contributed by atoms with E-state index in [9.17, 15) is 0 Å². The van der Waals surface area contributed by atoms with Gasteiger partial charge < -0.3 is 10.1 Å². The molecule has 5 heteroatoms. The molecule has 0 atom stereocenters. The summed E-state index contributed by atoms with van der Waals surface area (Å²) in [5, 5.41) is 3.06. The summed E-state index contributed by atoms with van der Waals surface area (Å²) in [6.07, 6.45) is 4.93. The zero-order valence-electron chi connectivity index (χ0n) is 11.5. The molecule has 2 heterocycles. The Hall–Kier alpha value is -2.17. The Morgan fingerprint density at radius 3 is 2.90 bits per heavy atom. The van der Waals surface area contributed by atoms with Gasteiger partial charge in [-0.05, 0) is 25.0 Å². The van der Waals surface area contributed by atoms with Crippen LogP contribution in [0.2, 0.25) is 0 Å². The van der Waals surface area contributed by atoms with Gasteiger partial charge in [-0.3, -0.25) is 4.98 Å². The van der Waals surface area contributed by atoms with Crippen LogP contribution in [0.5, 0.6) is 5.88 Å². The predicted octanol–water partition coefficient (Wildman–Crippen LogP) is 2.41. The lowest BCUT2D eigenvalue weighted by Crippen LogP contribution is -2.07. The summed E-state index contributed by atoms with van der Waals surface area (Å²) in [7, 11) is 1.86. The summed E-state index contributed by atoms with van der Waals surface area (Å²) in [5.41, 5.74) is 1.03. The van der Waals surface area contributed by atoms with Gasteiger partial charge in [0, 0.05) is 37.3 Å². The van der Waals surface area contributed by atoms with Gasteiger partial charge in [-0.15, -0.1) is 0 Å². The SMILES string of the molecule is CNc1cc(OCCc2ccccn2)nc(C2CC2)n1. The first kappa shape index (κ1) is 12.8. The molecule has 20 heavy (non-hydrogen) atoms. The summed E-state index contributed by atoms with van der Waals surface area (Å²) < 4.78 is 5.74. The topological polar surface area (TPSA) is 59.9 Å². The molecule has 0 unspecified atom stereocenters. The minimum atomic E-state index is 0.515. The molecule has 1 aliphatic carbocycles. The van der Waals surface area contributed by atoms with Gasteiger partial charge in [0.15, 0.2) is 0 Å². The van der Waals surface area contributed by atoms with Gasteiger partial charge in [0.25, 0.3) is 0 Å². The van der Waals surface area contributed by atoms with Gasteiger partial charge in [0.1, 0.15) is 11.6 Å². The predicted molar refractivity (Wildman–Crippen MR) is 77.0 cm³/mol. The highest BCUT2D eigenvalue weighted by atomic mass is 16.5. The van der Waals surface area contributed by atoms with E-state index in [1.165, 1.54) is 12.8 Å². The lowest BCUT2D eigenvalue weighted by Gasteiger charge is -2.08. The smallest absolute Gasteiger partial charge is 0.218 e. The fraction of sp³-hybridized carbons (Fsp3) is 0.400. The Kier molecular flexibility index (Phi) is 3.76. The van der Waals surface area contributed by atoms with E-state index >= 15 is 0 Å². The Bertz CT molecular complexity index is 569. The molecule has 0 aromatic carbocycles.